The molecule has 1 aliphatic rings. The Morgan fingerprint density at radius 2 is 2.00 bits per heavy atom. The van der Waals surface area contributed by atoms with Gasteiger partial charge in [0, 0.05) is 11.5 Å². The van der Waals surface area contributed by atoms with E-state index in [2.05, 4.69) is 6.92 Å². The average Bonchev–Trinajstić information content (AvgIpc) is 2.46. The van der Waals surface area contributed by atoms with E-state index in [4.69, 9.17) is 4.74 Å². The Balaban J connectivity index is 2.03. The van der Waals surface area contributed by atoms with Gasteiger partial charge in [0.25, 0.3) is 0 Å². The first-order valence-corrected chi connectivity index (χ1v) is 6.92. The summed E-state index contributed by atoms with van der Waals surface area (Å²) in [6, 6.07) is 7.53. The summed E-state index contributed by atoms with van der Waals surface area (Å²) in [7, 11) is 1.63. The van der Waals surface area contributed by atoms with Crippen molar-refractivity contribution in [3.63, 3.8) is 0 Å². The fraction of sp³-hybridized carbons (Fsp3) is 0.562. The molecule has 2 heteroatoms. The van der Waals surface area contributed by atoms with Crippen LogP contribution in [-0.2, 0) is 0 Å². The zero-order valence-corrected chi connectivity index (χ0v) is 11.3. The van der Waals surface area contributed by atoms with Crippen LogP contribution < -0.4 is 4.74 Å². The molecule has 1 fully saturated rings. The van der Waals surface area contributed by atoms with Crippen molar-refractivity contribution < 1.29 is 9.53 Å². The van der Waals surface area contributed by atoms with Crippen molar-refractivity contribution in [1.29, 1.82) is 0 Å². The number of carbonyl (C=O) groups excluding carboxylic acids is 1. The van der Waals surface area contributed by atoms with Crippen LogP contribution in [0.4, 0.5) is 0 Å². The van der Waals surface area contributed by atoms with Crippen LogP contribution in [0.5, 0.6) is 5.75 Å². The topological polar surface area (TPSA) is 26.3 Å². The van der Waals surface area contributed by atoms with Crippen LogP contribution in [0.3, 0.4) is 0 Å². The van der Waals surface area contributed by atoms with Crippen LogP contribution in [0.2, 0.25) is 0 Å². The third-order valence-corrected chi connectivity index (χ3v) is 4.15. The second-order valence-corrected chi connectivity index (χ2v) is 5.22. The van der Waals surface area contributed by atoms with Crippen molar-refractivity contribution in [1.82, 2.24) is 0 Å². The first-order chi connectivity index (χ1) is 8.74. The molecule has 0 aromatic heterocycles. The molecule has 0 aliphatic heterocycles. The standard InChI is InChI=1S/C16H22O2/c1-3-12-7-9-13(10-8-12)16(17)14-5-4-6-15(11-14)18-2/h4-6,11-13H,3,7-10H2,1-2H3. The molecule has 1 aromatic rings. The molecular formula is C16H22O2. The van der Waals surface area contributed by atoms with E-state index in [1.807, 2.05) is 24.3 Å². The van der Waals surface area contributed by atoms with Crippen LogP contribution in [0.15, 0.2) is 24.3 Å². The Hall–Kier alpha value is -1.31. The van der Waals surface area contributed by atoms with Crippen LogP contribution in [-0.4, -0.2) is 12.9 Å². The Kier molecular flexibility index (Phi) is 4.40. The van der Waals surface area contributed by atoms with Gasteiger partial charge in [-0.15, -0.1) is 0 Å². The van der Waals surface area contributed by atoms with Crippen molar-refractivity contribution in [3.8, 4) is 5.75 Å². The maximum Gasteiger partial charge on any atom is 0.166 e. The largest absolute Gasteiger partial charge is 0.497 e. The van der Waals surface area contributed by atoms with E-state index >= 15 is 0 Å². The highest BCUT2D eigenvalue weighted by Gasteiger charge is 2.26. The molecule has 98 valence electrons. The number of Topliss-reactive ketones (excluding diaryl/α,β-unsaturated/α-hetero) is 1. The van der Waals surface area contributed by atoms with E-state index in [0.717, 1.165) is 30.1 Å². The van der Waals surface area contributed by atoms with E-state index in [0.29, 0.717) is 5.78 Å². The summed E-state index contributed by atoms with van der Waals surface area (Å²) in [4.78, 5) is 12.4. The third kappa shape index (κ3) is 2.92. The number of benzene rings is 1. The number of hydrogen-bond donors (Lipinski definition) is 0. The second kappa shape index (κ2) is 6.03. The normalized spacial score (nSPS) is 23.7. The number of methoxy groups -OCH3 is 1. The minimum atomic E-state index is 0.222. The molecule has 0 radical (unpaired) electrons. The first kappa shape index (κ1) is 13.1. The summed E-state index contributed by atoms with van der Waals surface area (Å²) in [5, 5.41) is 0. The lowest BCUT2D eigenvalue weighted by atomic mass is 9.78. The minimum absolute atomic E-state index is 0.222. The number of ether oxygens (including phenoxy) is 1. The van der Waals surface area contributed by atoms with Crippen LogP contribution in [0.25, 0.3) is 0 Å². The summed E-state index contributed by atoms with van der Waals surface area (Å²) in [5.41, 5.74) is 0.800. The van der Waals surface area contributed by atoms with E-state index in [1.165, 1.54) is 19.3 Å². The van der Waals surface area contributed by atoms with Gasteiger partial charge in [0.2, 0.25) is 0 Å². The van der Waals surface area contributed by atoms with Crippen molar-refractivity contribution in [2.45, 2.75) is 39.0 Å². The van der Waals surface area contributed by atoms with Gasteiger partial charge in [-0.25, -0.2) is 0 Å². The smallest absolute Gasteiger partial charge is 0.166 e. The number of hydrogen-bond acceptors (Lipinski definition) is 2. The van der Waals surface area contributed by atoms with Gasteiger partial charge in [0.1, 0.15) is 5.75 Å². The molecule has 0 spiro atoms. The van der Waals surface area contributed by atoms with Gasteiger partial charge in [0.05, 0.1) is 7.11 Å². The predicted octanol–water partition coefficient (Wildman–Crippen LogP) is 4.09. The highest BCUT2D eigenvalue weighted by molar-refractivity contribution is 5.98. The lowest BCUT2D eigenvalue weighted by molar-refractivity contribution is 0.0870. The van der Waals surface area contributed by atoms with Crippen molar-refractivity contribution in [3.05, 3.63) is 29.8 Å². The highest BCUT2D eigenvalue weighted by Crippen LogP contribution is 2.32. The lowest BCUT2D eigenvalue weighted by Gasteiger charge is -2.26. The monoisotopic (exact) mass is 246 g/mol. The van der Waals surface area contributed by atoms with Crippen LogP contribution >= 0.6 is 0 Å². The van der Waals surface area contributed by atoms with Gasteiger partial charge in [-0.3, -0.25) is 4.79 Å². The minimum Gasteiger partial charge on any atom is -0.497 e. The molecule has 1 aromatic carbocycles. The SMILES string of the molecule is CCC1CCC(C(=O)c2cccc(OC)c2)CC1. The molecule has 0 unspecified atom stereocenters. The van der Waals surface area contributed by atoms with Gasteiger partial charge < -0.3 is 4.74 Å². The second-order valence-electron chi connectivity index (χ2n) is 5.22. The molecule has 1 aliphatic carbocycles. The zero-order valence-electron chi connectivity index (χ0n) is 11.3. The average molecular weight is 246 g/mol. The number of rotatable bonds is 4. The Morgan fingerprint density at radius 3 is 2.61 bits per heavy atom. The Bertz CT molecular complexity index is 403. The van der Waals surface area contributed by atoms with E-state index in [-0.39, 0.29) is 5.92 Å². The molecule has 0 heterocycles. The molecule has 0 bridgehead atoms. The summed E-state index contributed by atoms with van der Waals surface area (Å²) in [5.74, 6) is 2.12. The van der Waals surface area contributed by atoms with Crippen molar-refractivity contribution >= 4 is 5.78 Å². The molecule has 0 amide bonds. The fourth-order valence-corrected chi connectivity index (χ4v) is 2.84. The zero-order chi connectivity index (χ0) is 13.0. The molecular weight excluding hydrogens is 224 g/mol. The molecule has 0 N–H and O–H groups in total. The Labute approximate surface area is 109 Å². The summed E-state index contributed by atoms with van der Waals surface area (Å²) >= 11 is 0. The van der Waals surface area contributed by atoms with Crippen LogP contribution in [0.1, 0.15) is 49.4 Å². The van der Waals surface area contributed by atoms with Crippen LogP contribution in [0, 0.1) is 11.8 Å². The Morgan fingerprint density at radius 1 is 1.28 bits per heavy atom. The van der Waals surface area contributed by atoms with Crippen molar-refractivity contribution in [2.75, 3.05) is 7.11 Å². The highest BCUT2D eigenvalue weighted by atomic mass is 16.5. The fourth-order valence-electron chi connectivity index (χ4n) is 2.84. The lowest BCUT2D eigenvalue weighted by Crippen LogP contribution is -2.21. The molecule has 0 atom stereocenters. The molecule has 2 nitrogen and oxygen atoms in total. The molecule has 2 rings (SSSR count). The molecule has 0 saturated heterocycles. The molecule has 1 saturated carbocycles. The molecule has 18 heavy (non-hydrogen) atoms. The van der Waals surface area contributed by atoms with Gasteiger partial charge >= 0.3 is 0 Å². The number of carbonyl (C=O) groups is 1. The summed E-state index contributed by atoms with van der Waals surface area (Å²) in [6.45, 7) is 2.24. The first-order valence-electron chi connectivity index (χ1n) is 6.92. The van der Waals surface area contributed by atoms with Gasteiger partial charge in [0.15, 0.2) is 5.78 Å². The maximum atomic E-state index is 12.4. The van der Waals surface area contributed by atoms with Gasteiger partial charge in [-0.05, 0) is 43.7 Å². The van der Waals surface area contributed by atoms with Gasteiger partial charge in [-0.2, -0.15) is 0 Å². The van der Waals surface area contributed by atoms with E-state index in [9.17, 15) is 4.79 Å². The summed E-state index contributed by atoms with van der Waals surface area (Å²) in [6.07, 6.45) is 5.76. The van der Waals surface area contributed by atoms with Crippen molar-refractivity contribution in [2.24, 2.45) is 11.8 Å². The quantitative estimate of drug-likeness (QED) is 0.748. The van der Waals surface area contributed by atoms with Gasteiger partial charge in [-0.1, -0.05) is 25.5 Å². The van der Waals surface area contributed by atoms with E-state index < -0.39 is 0 Å². The third-order valence-electron chi connectivity index (χ3n) is 4.15. The maximum absolute atomic E-state index is 12.4. The summed E-state index contributed by atoms with van der Waals surface area (Å²) < 4.78 is 5.17. The number of ketones is 1. The predicted molar refractivity (Wildman–Crippen MR) is 73.1 cm³/mol. The van der Waals surface area contributed by atoms with E-state index in [1.54, 1.807) is 7.11 Å².